The number of rotatable bonds is 6. The number of hydrogen-bond acceptors (Lipinski definition) is 4. The number of Topliss-reactive ketones (excluding diaryl/α,β-unsaturated/α-hetero) is 1. The number of ketones is 1. The van der Waals surface area contributed by atoms with Crippen molar-refractivity contribution in [2.45, 2.75) is 66.3 Å². The minimum Gasteiger partial charge on any atom is -0.377 e. The summed E-state index contributed by atoms with van der Waals surface area (Å²) in [6, 6.07) is 9.90. The minimum absolute atomic E-state index is 0.0302. The Hall–Kier alpha value is -2.95. The monoisotopic (exact) mass is 404 g/mol. The average Bonchev–Trinajstić information content (AvgIpc) is 2.99. The molecule has 0 spiro atoms. The number of benzene rings is 1. The summed E-state index contributed by atoms with van der Waals surface area (Å²) < 4.78 is 2.14. The number of imidazole rings is 1. The summed E-state index contributed by atoms with van der Waals surface area (Å²) >= 11 is 0. The number of aryl methyl sites for hydroxylation is 2. The third-order valence-corrected chi connectivity index (χ3v) is 5.58. The van der Waals surface area contributed by atoms with Crippen molar-refractivity contribution in [3.63, 3.8) is 0 Å². The molecule has 5 heteroatoms. The van der Waals surface area contributed by atoms with Crippen LogP contribution in [0.3, 0.4) is 0 Å². The first-order valence-corrected chi connectivity index (χ1v) is 10.5. The van der Waals surface area contributed by atoms with E-state index in [0.29, 0.717) is 12.2 Å². The molecule has 1 atom stereocenters. The molecule has 2 aromatic heterocycles. The maximum atomic E-state index is 11.9. The lowest BCUT2D eigenvalue weighted by Crippen LogP contribution is -2.21. The fourth-order valence-corrected chi connectivity index (χ4v) is 3.58. The molecular formula is C25H32N4O. The highest BCUT2D eigenvalue weighted by Crippen LogP contribution is 2.28. The first-order chi connectivity index (χ1) is 14.0. The van der Waals surface area contributed by atoms with Crippen LogP contribution in [0.15, 0.2) is 36.9 Å². The fraction of sp³-hybridized carbons (Fsp3) is 0.400. The Bertz CT molecular complexity index is 1100. The van der Waals surface area contributed by atoms with Crippen LogP contribution >= 0.6 is 0 Å². The quantitative estimate of drug-likeness (QED) is 0.547. The highest BCUT2D eigenvalue weighted by Gasteiger charge is 2.22. The standard InChI is InChI=1S/C25H32N4O/c1-9-22(30)20-12-10-19(11-13-20)16(3)26-17(4)21-14-23(25(6,7)8)29-18(5)15(2)27-24(29)28-21/h10-14,16,26H,4,9H2,1-3,5-8H3/t16-/m0/s1. The van der Waals surface area contributed by atoms with Gasteiger partial charge in [-0.3, -0.25) is 9.20 Å². The van der Waals surface area contributed by atoms with Gasteiger partial charge in [-0.05, 0) is 32.4 Å². The van der Waals surface area contributed by atoms with Gasteiger partial charge in [0.2, 0.25) is 5.78 Å². The first kappa shape index (κ1) is 21.8. The fourth-order valence-electron chi connectivity index (χ4n) is 3.58. The molecule has 2 heterocycles. The third kappa shape index (κ3) is 4.16. The van der Waals surface area contributed by atoms with Gasteiger partial charge in [-0.1, -0.05) is 58.5 Å². The average molecular weight is 405 g/mol. The number of nitrogens with one attached hydrogen (secondary N) is 1. The lowest BCUT2D eigenvalue weighted by atomic mass is 9.91. The van der Waals surface area contributed by atoms with Gasteiger partial charge in [-0.25, -0.2) is 9.97 Å². The van der Waals surface area contributed by atoms with E-state index >= 15 is 0 Å². The summed E-state index contributed by atoms with van der Waals surface area (Å²) in [7, 11) is 0. The van der Waals surface area contributed by atoms with Crippen molar-refractivity contribution in [3.8, 4) is 0 Å². The highest BCUT2D eigenvalue weighted by atomic mass is 16.1. The molecule has 5 nitrogen and oxygen atoms in total. The minimum atomic E-state index is -0.0681. The SMILES string of the molecule is C=C(N[C@@H](C)c1ccc(C(=O)CC)cc1)c1cc(C(C)(C)C)n2c(C)c(C)nc2n1. The molecule has 0 fully saturated rings. The van der Waals surface area contributed by atoms with Gasteiger partial charge in [-0.2, -0.15) is 0 Å². The summed E-state index contributed by atoms with van der Waals surface area (Å²) in [5.74, 6) is 0.856. The summed E-state index contributed by atoms with van der Waals surface area (Å²) in [6.07, 6.45) is 0.515. The van der Waals surface area contributed by atoms with Crippen LogP contribution in [0.5, 0.6) is 0 Å². The maximum Gasteiger partial charge on any atom is 0.235 e. The molecule has 0 radical (unpaired) electrons. The molecule has 0 amide bonds. The number of carbonyl (C=O) groups excluding carboxylic acids is 1. The van der Waals surface area contributed by atoms with E-state index in [4.69, 9.17) is 4.98 Å². The van der Waals surface area contributed by atoms with Crippen LogP contribution in [0, 0.1) is 13.8 Å². The predicted octanol–water partition coefficient (Wildman–Crippen LogP) is 5.56. The van der Waals surface area contributed by atoms with Crippen LogP contribution in [-0.2, 0) is 5.41 Å². The van der Waals surface area contributed by atoms with Crippen LogP contribution in [0.2, 0.25) is 0 Å². The van der Waals surface area contributed by atoms with E-state index in [-0.39, 0.29) is 17.2 Å². The normalized spacial score (nSPS) is 12.8. The van der Waals surface area contributed by atoms with E-state index < -0.39 is 0 Å². The van der Waals surface area contributed by atoms with Crippen LogP contribution in [0.1, 0.15) is 85.8 Å². The van der Waals surface area contributed by atoms with Gasteiger partial charge < -0.3 is 5.32 Å². The molecule has 0 unspecified atom stereocenters. The van der Waals surface area contributed by atoms with Gasteiger partial charge in [0.25, 0.3) is 0 Å². The highest BCUT2D eigenvalue weighted by molar-refractivity contribution is 5.95. The third-order valence-electron chi connectivity index (χ3n) is 5.58. The summed E-state index contributed by atoms with van der Waals surface area (Å²) in [6.45, 7) is 18.9. The molecule has 30 heavy (non-hydrogen) atoms. The molecule has 0 saturated carbocycles. The predicted molar refractivity (Wildman–Crippen MR) is 123 cm³/mol. The summed E-state index contributed by atoms with van der Waals surface area (Å²) in [5, 5.41) is 3.46. The number of carbonyl (C=O) groups is 1. The molecule has 3 rings (SSSR count). The van der Waals surface area contributed by atoms with Crippen molar-refractivity contribution in [1.29, 1.82) is 0 Å². The lowest BCUT2D eigenvalue weighted by Gasteiger charge is -2.23. The zero-order valence-electron chi connectivity index (χ0n) is 19.1. The van der Waals surface area contributed by atoms with Gasteiger partial charge in [0.15, 0.2) is 5.78 Å². The zero-order chi connectivity index (χ0) is 22.2. The van der Waals surface area contributed by atoms with Gasteiger partial charge >= 0.3 is 0 Å². The molecule has 158 valence electrons. The maximum absolute atomic E-state index is 11.9. The first-order valence-electron chi connectivity index (χ1n) is 10.5. The van der Waals surface area contributed by atoms with E-state index in [2.05, 4.69) is 62.0 Å². The van der Waals surface area contributed by atoms with Gasteiger partial charge in [0.05, 0.1) is 17.1 Å². The topological polar surface area (TPSA) is 59.3 Å². The molecule has 1 N–H and O–H groups in total. The van der Waals surface area contributed by atoms with E-state index in [1.165, 1.54) is 0 Å². The van der Waals surface area contributed by atoms with Gasteiger partial charge in [0, 0.05) is 34.8 Å². The second kappa shape index (κ2) is 8.05. The molecule has 0 bridgehead atoms. The molecule has 0 aliphatic heterocycles. The largest absolute Gasteiger partial charge is 0.377 e. The number of aromatic nitrogens is 3. The van der Waals surface area contributed by atoms with Gasteiger partial charge in [0.1, 0.15) is 0 Å². The zero-order valence-corrected chi connectivity index (χ0v) is 19.1. The Balaban J connectivity index is 1.90. The van der Waals surface area contributed by atoms with Crippen molar-refractivity contribution in [3.05, 3.63) is 70.8 Å². The molecule has 3 aromatic rings. The van der Waals surface area contributed by atoms with Crippen LogP contribution in [0.25, 0.3) is 11.5 Å². The van der Waals surface area contributed by atoms with E-state index in [9.17, 15) is 4.79 Å². The Kier molecular flexibility index (Phi) is 5.84. The molecule has 0 aliphatic rings. The van der Waals surface area contributed by atoms with E-state index in [1.807, 2.05) is 38.1 Å². The Morgan fingerprint density at radius 3 is 2.37 bits per heavy atom. The van der Waals surface area contributed by atoms with Crippen molar-refractivity contribution in [1.82, 2.24) is 19.7 Å². The van der Waals surface area contributed by atoms with Crippen molar-refractivity contribution >= 4 is 17.3 Å². The van der Waals surface area contributed by atoms with Crippen molar-refractivity contribution in [2.24, 2.45) is 0 Å². The van der Waals surface area contributed by atoms with E-state index in [0.717, 1.165) is 39.6 Å². The van der Waals surface area contributed by atoms with Crippen molar-refractivity contribution in [2.75, 3.05) is 0 Å². The molecule has 0 saturated heterocycles. The van der Waals surface area contributed by atoms with Crippen LogP contribution in [-0.4, -0.2) is 20.2 Å². The number of fused-ring (bicyclic) bond motifs is 1. The second-order valence-corrected chi connectivity index (χ2v) is 8.94. The lowest BCUT2D eigenvalue weighted by molar-refractivity contribution is 0.0988. The summed E-state index contributed by atoms with van der Waals surface area (Å²) in [5.41, 5.74) is 6.57. The Morgan fingerprint density at radius 2 is 1.80 bits per heavy atom. The van der Waals surface area contributed by atoms with Gasteiger partial charge in [-0.15, -0.1) is 0 Å². The Labute approximate surface area is 179 Å². The van der Waals surface area contributed by atoms with Crippen LogP contribution < -0.4 is 5.32 Å². The van der Waals surface area contributed by atoms with Crippen molar-refractivity contribution < 1.29 is 4.79 Å². The number of nitrogens with zero attached hydrogens (tertiary/aromatic N) is 3. The molecular weight excluding hydrogens is 372 g/mol. The van der Waals surface area contributed by atoms with Crippen LogP contribution in [0.4, 0.5) is 0 Å². The number of hydrogen-bond donors (Lipinski definition) is 1. The van der Waals surface area contributed by atoms with E-state index in [1.54, 1.807) is 0 Å². The Morgan fingerprint density at radius 1 is 1.17 bits per heavy atom. The summed E-state index contributed by atoms with van der Waals surface area (Å²) in [4.78, 5) is 21.3. The molecule has 1 aromatic carbocycles. The second-order valence-electron chi connectivity index (χ2n) is 8.94. The smallest absolute Gasteiger partial charge is 0.235 e. The molecule has 0 aliphatic carbocycles.